The van der Waals surface area contributed by atoms with Gasteiger partial charge in [-0.2, -0.15) is 0 Å². The molecule has 4 rings (SSSR count). The fourth-order valence-corrected chi connectivity index (χ4v) is 14.5. The Balaban J connectivity index is 1.92. The summed E-state index contributed by atoms with van der Waals surface area (Å²) in [4.78, 5) is 13.3. The first-order valence-corrected chi connectivity index (χ1v) is 15.9. The van der Waals surface area contributed by atoms with E-state index >= 15 is 0 Å². The van der Waals surface area contributed by atoms with Gasteiger partial charge in [0.05, 0.1) is 0 Å². The van der Waals surface area contributed by atoms with Crippen LogP contribution in [0.4, 0.5) is 0 Å². The van der Waals surface area contributed by atoms with Gasteiger partial charge in [0.2, 0.25) is 0 Å². The molecule has 4 aromatic rings. The summed E-state index contributed by atoms with van der Waals surface area (Å²) < 4.78 is 11.0. The maximum absolute atomic E-state index is 13.3. The summed E-state index contributed by atoms with van der Waals surface area (Å²) in [5.74, 6) is -0.270. The van der Waals surface area contributed by atoms with E-state index in [0.717, 1.165) is 14.3 Å². The molecule has 29 heavy (non-hydrogen) atoms. The van der Waals surface area contributed by atoms with Crippen molar-refractivity contribution < 1.29 is 7.87 Å². The van der Waals surface area contributed by atoms with Gasteiger partial charge in [0.25, 0.3) is 0 Å². The second-order valence-electron chi connectivity index (χ2n) is 6.68. The van der Waals surface area contributed by atoms with Crippen molar-refractivity contribution in [3.63, 3.8) is 0 Å². The fraction of sp³-hybridized carbons (Fsp3) is 0. The van der Waals surface area contributed by atoms with Crippen molar-refractivity contribution in [2.45, 2.75) is 0 Å². The first-order chi connectivity index (χ1) is 14.2. The molecule has 0 atom stereocenters. The first kappa shape index (κ1) is 20.2. The molecule has 0 saturated heterocycles. The Kier molecular flexibility index (Phi) is 6.35. The van der Waals surface area contributed by atoms with E-state index in [4.69, 9.17) is 3.07 Å². The van der Waals surface area contributed by atoms with Crippen LogP contribution in [0.25, 0.3) is 0 Å². The molecule has 0 bridgehead atoms. The summed E-state index contributed by atoms with van der Waals surface area (Å²) >= 11 is -1.81. The predicted octanol–water partition coefficient (Wildman–Crippen LogP) is 4.12. The van der Waals surface area contributed by atoms with E-state index in [9.17, 15) is 4.79 Å². The Morgan fingerprint density at radius 1 is 0.586 bits per heavy atom. The van der Waals surface area contributed by atoms with Gasteiger partial charge in [0.1, 0.15) is 0 Å². The van der Waals surface area contributed by atoms with E-state index in [2.05, 4.69) is 59.0 Å². The number of hydrogen-bond donors (Lipinski definition) is 0. The molecule has 0 spiro atoms. The third kappa shape index (κ3) is 4.26. The van der Waals surface area contributed by atoms with E-state index in [0.29, 0.717) is 5.56 Å². The van der Waals surface area contributed by atoms with Crippen LogP contribution in [0.15, 0.2) is 115 Å². The SMILES string of the molecule is O=C([O][Sn]([c]1ccccc1)([c]1ccccc1)[c]1ccccc1)c1ccc(I)cc1. The molecule has 0 radical (unpaired) electrons. The van der Waals surface area contributed by atoms with E-state index in [1.807, 2.05) is 78.9 Å². The van der Waals surface area contributed by atoms with Crippen LogP contribution in [0.5, 0.6) is 0 Å². The van der Waals surface area contributed by atoms with Crippen molar-refractivity contribution in [3.05, 3.63) is 124 Å². The number of carbonyl (C=O) groups is 1. The standard InChI is InChI=1S/C7H5IO2.3C6H5.Sn/c8-6-3-1-5(2-4-6)7(9)10;3*1-2-4-6-5-3-1;/h1-4H,(H,9,10);3*1-5H;/q;;;;+1/p-1. The fourth-order valence-electron chi connectivity index (χ4n) is 3.48. The molecule has 0 heterocycles. The number of carbonyl (C=O) groups excluding carboxylic acids is 1. The molecule has 0 unspecified atom stereocenters. The molecular weight excluding hydrogens is 578 g/mol. The average Bonchev–Trinajstić information content (AvgIpc) is 2.79. The third-order valence-electron chi connectivity index (χ3n) is 4.87. The molecule has 0 N–H and O–H groups in total. The van der Waals surface area contributed by atoms with Crippen LogP contribution in [0.1, 0.15) is 10.4 Å². The van der Waals surface area contributed by atoms with Crippen LogP contribution in [0, 0.1) is 3.57 Å². The molecular formula is C25H19IO2Sn. The summed E-state index contributed by atoms with van der Waals surface area (Å²) in [5.41, 5.74) is 0.578. The van der Waals surface area contributed by atoms with Crippen molar-refractivity contribution in [2.24, 2.45) is 0 Å². The number of benzene rings is 4. The zero-order valence-corrected chi connectivity index (χ0v) is 20.7. The summed E-state index contributed by atoms with van der Waals surface area (Å²) in [5, 5.41) is 0. The molecule has 0 aromatic heterocycles. The van der Waals surface area contributed by atoms with E-state index in [1.165, 1.54) is 0 Å². The van der Waals surface area contributed by atoms with Crippen molar-refractivity contribution in [2.75, 3.05) is 0 Å². The molecule has 2 nitrogen and oxygen atoms in total. The molecule has 0 aliphatic heterocycles. The van der Waals surface area contributed by atoms with Gasteiger partial charge in [0.15, 0.2) is 0 Å². The van der Waals surface area contributed by atoms with Gasteiger partial charge in [0, 0.05) is 0 Å². The molecule has 4 heteroatoms. The topological polar surface area (TPSA) is 26.3 Å². The normalized spacial score (nSPS) is 11.1. The molecule has 4 aromatic carbocycles. The first-order valence-electron chi connectivity index (χ1n) is 9.35. The zero-order chi connectivity index (χ0) is 20.1. The Bertz CT molecular complexity index is 985. The van der Waals surface area contributed by atoms with Crippen molar-refractivity contribution in [1.82, 2.24) is 0 Å². The Morgan fingerprint density at radius 2 is 0.966 bits per heavy atom. The third-order valence-corrected chi connectivity index (χ3v) is 16.8. The van der Waals surface area contributed by atoms with Crippen LogP contribution in [-0.2, 0) is 3.07 Å². The van der Waals surface area contributed by atoms with Crippen molar-refractivity contribution in [1.29, 1.82) is 0 Å². The second-order valence-corrected chi connectivity index (χ2v) is 17.3. The van der Waals surface area contributed by atoms with Crippen molar-refractivity contribution >= 4 is 58.1 Å². The van der Waals surface area contributed by atoms with Gasteiger partial charge < -0.3 is 0 Å². The van der Waals surface area contributed by atoms with Gasteiger partial charge >= 0.3 is 190 Å². The quantitative estimate of drug-likeness (QED) is 0.256. The van der Waals surface area contributed by atoms with E-state index in [1.54, 1.807) is 0 Å². The molecule has 0 amide bonds. The number of halogens is 1. The molecule has 0 saturated carbocycles. The number of rotatable bonds is 5. The summed E-state index contributed by atoms with van der Waals surface area (Å²) in [6.07, 6.45) is 0. The monoisotopic (exact) mass is 598 g/mol. The van der Waals surface area contributed by atoms with E-state index in [-0.39, 0.29) is 5.97 Å². The Labute approximate surface area is 189 Å². The van der Waals surface area contributed by atoms with Crippen LogP contribution < -0.4 is 10.7 Å². The van der Waals surface area contributed by atoms with Gasteiger partial charge in [-0.3, -0.25) is 0 Å². The maximum atomic E-state index is 13.3. The number of hydrogen-bond acceptors (Lipinski definition) is 2. The van der Waals surface area contributed by atoms with Crippen LogP contribution in [-0.4, -0.2) is 24.8 Å². The second kappa shape index (κ2) is 9.13. The van der Waals surface area contributed by atoms with Gasteiger partial charge in [-0.15, -0.1) is 0 Å². The molecule has 0 aliphatic carbocycles. The summed E-state index contributed by atoms with van der Waals surface area (Å²) in [6, 6.07) is 38.2. The molecule has 0 aliphatic rings. The average molecular weight is 597 g/mol. The van der Waals surface area contributed by atoms with Crippen molar-refractivity contribution in [3.8, 4) is 0 Å². The minimum absolute atomic E-state index is 0.270. The minimum atomic E-state index is -4.05. The predicted molar refractivity (Wildman–Crippen MR) is 129 cm³/mol. The molecule has 142 valence electrons. The summed E-state index contributed by atoms with van der Waals surface area (Å²) in [6.45, 7) is 0. The summed E-state index contributed by atoms with van der Waals surface area (Å²) in [7, 11) is 0. The van der Waals surface area contributed by atoms with Gasteiger partial charge in [-0.25, -0.2) is 0 Å². The van der Waals surface area contributed by atoms with Gasteiger partial charge in [-0.1, -0.05) is 0 Å². The zero-order valence-electron chi connectivity index (χ0n) is 15.7. The van der Waals surface area contributed by atoms with Crippen LogP contribution in [0.2, 0.25) is 0 Å². The van der Waals surface area contributed by atoms with Crippen LogP contribution >= 0.6 is 22.6 Å². The Morgan fingerprint density at radius 3 is 1.34 bits per heavy atom. The van der Waals surface area contributed by atoms with Crippen LogP contribution in [0.3, 0.4) is 0 Å². The van der Waals surface area contributed by atoms with E-state index < -0.39 is 18.8 Å². The molecule has 0 fully saturated rings. The Hall–Kier alpha value is -2.12. The van der Waals surface area contributed by atoms with Gasteiger partial charge in [-0.05, 0) is 0 Å².